The smallest absolute Gasteiger partial charge is 0.257 e. The number of Topliss-reactive ketones (excluding diaryl/α,β-unsaturated/α-hetero) is 1. The molecule has 234 valence electrons. The SMILES string of the molecule is COc1ccc(CC(=O)C2c3cccc(N4CCC(N(C)C)CC4)c3CCN2C(=O)c2cnn(-c3cccc(Cl)c3F)c2)cc1. The summed E-state index contributed by atoms with van der Waals surface area (Å²) in [5, 5.41) is 4.23. The van der Waals surface area contributed by atoms with Crippen molar-refractivity contribution in [3.63, 3.8) is 0 Å². The predicted octanol–water partition coefficient (Wildman–Crippen LogP) is 5.76. The van der Waals surface area contributed by atoms with Gasteiger partial charge < -0.3 is 19.4 Å². The van der Waals surface area contributed by atoms with Gasteiger partial charge in [0.15, 0.2) is 11.6 Å². The quantitative estimate of drug-likeness (QED) is 0.247. The lowest BCUT2D eigenvalue weighted by Crippen LogP contribution is -2.45. The summed E-state index contributed by atoms with van der Waals surface area (Å²) in [4.78, 5) is 34.7. The molecule has 4 aromatic rings. The molecule has 3 heterocycles. The molecule has 1 fully saturated rings. The Morgan fingerprint density at radius 3 is 2.42 bits per heavy atom. The molecular weight excluding hydrogens is 593 g/mol. The Kier molecular flexibility index (Phi) is 8.92. The molecule has 1 unspecified atom stereocenters. The van der Waals surface area contributed by atoms with E-state index in [4.69, 9.17) is 16.3 Å². The molecule has 1 atom stereocenters. The van der Waals surface area contributed by atoms with Crippen LogP contribution < -0.4 is 9.64 Å². The first-order chi connectivity index (χ1) is 21.7. The fourth-order valence-electron chi connectivity index (χ4n) is 6.58. The van der Waals surface area contributed by atoms with E-state index in [1.54, 1.807) is 24.1 Å². The van der Waals surface area contributed by atoms with Gasteiger partial charge in [0.05, 0.1) is 23.9 Å². The number of amides is 1. The lowest BCUT2D eigenvalue weighted by atomic mass is 9.86. The third-order valence-electron chi connectivity index (χ3n) is 9.04. The van der Waals surface area contributed by atoms with E-state index < -0.39 is 11.9 Å². The summed E-state index contributed by atoms with van der Waals surface area (Å²) >= 11 is 5.99. The summed E-state index contributed by atoms with van der Waals surface area (Å²) in [7, 11) is 5.86. The number of ketones is 1. The molecule has 2 aliphatic heterocycles. The van der Waals surface area contributed by atoms with E-state index in [-0.39, 0.29) is 34.4 Å². The topological polar surface area (TPSA) is 70.9 Å². The highest BCUT2D eigenvalue weighted by atomic mass is 35.5. The van der Waals surface area contributed by atoms with Crippen molar-refractivity contribution in [1.29, 1.82) is 0 Å². The highest BCUT2D eigenvalue weighted by molar-refractivity contribution is 6.30. The predicted molar refractivity (Wildman–Crippen MR) is 173 cm³/mol. The van der Waals surface area contributed by atoms with Crippen molar-refractivity contribution >= 4 is 29.0 Å². The molecule has 1 amide bonds. The third kappa shape index (κ3) is 6.19. The summed E-state index contributed by atoms with van der Waals surface area (Å²) in [6, 6.07) is 17.9. The molecule has 10 heteroatoms. The van der Waals surface area contributed by atoms with Crippen LogP contribution in [0.1, 0.15) is 45.9 Å². The number of halogens is 2. The van der Waals surface area contributed by atoms with Gasteiger partial charge in [0.1, 0.15) is 17.5 Å². The van der Waals surface area contributed by atoms with Gasteiger partial charge in [-0.2, -0.15) is 5.10 Å². The minimum absolute atomic E-state index is 0.0329. The van der Waals surface area contributed by atoms with E-state index in [9.17, 15) is 14.0 Å². The monoisotopic (exact) mass is 629 g/mol. The average Bonchev–Trinajstić information content (AvgIpc) is 3.55. The molecule has 0 saturated carbocycles. The molecule has 45 heavy (non-hydrogen) atoms. The fourth-order valence-corrected chi connectivity index (χ4v) is 6.75. The first-order valence-electron chi connectivity index (χ1n) is 15.2. The average molecular weight is 630 g/mol. The Bertz CT molecular complexity index is 1700. The van der Waals surface area contributed by atoms with Gasteiger partial charge in [0.25, 0.3) is 5.91 Å². The van der Waals surface area contributed by atoms with Gasteiger partial charge in [-0.05, 0) is 80.4 Å². The Hall–Kier alpha value is -4.21. The van der Waals surface area contributed by atoms with Crippen LogP contribution in [-0.2, 0) is 17.6 Å². The van der Waals surface area contributed by atoms with Crippen molar-refractivity contribution in [2.24, 2.45) is 0 Å². The summed E-state index contributed by atoms with van der Waals surface area (Å²) in [5.74, 6) is -0.324. The Morgan fingerprint density at radius 2 is 1.71 bits per heavy atom. The molecule has 2 aliphatic rings. The lowest BCUT2D eigenvalue weighted by Gasteiger charge is -2.41. The Balaban J connectivity index is 1.34. The molecule has 1 aromatic heterocycles. The number of nitrogens with zero attached hydrogens (tertiary/aromatic N) is 5. The Morgan fingerprint density at radius 1 is 1.00 bits per heavy atom. The molecule has 0 radical (unpaired) electrons. The van der Waals surface area contributed by atoms with Gasteiger partial charge >= 0.3 is 0 Å². The molecule has 0 aliphatic carbocycles. The van der Waals surface area contributed by atoms with Gasteiger partial charge in [-0.15, -0.1) is 0 Å². The number of fused-ring (bicyclic) bond motifs is 1. The normalized spacial score (nSPS) is 17.0. The van der Waals surface area contributed by atoms with Crippen LogP contribution in [0, 0.1) is 5.82 Å². The second-order valence-electron chi connectivity index (χ2n) is 11.9. The lowest BCUT2D eigenvalue weighted by molar-refractivity contribution is -0.123. The number of piperidine rings is 1. The Labute approximate surface area is 267 Å². The number of anilines is 1. The van der Waals surface area contributed by atoms with E-state index in [1.807, 2.05) is 36.4 Å². The summed E-state index contributed by atoms with van der Waals surface area (Å²) in [6.45, 7) is 2.24. The van der Waals surface area contributed by atoms with Gasteiger partial charge in [0, 0.05) is 44.0 Å². The van der Waals surface area contributed by atoms with Gasteiger partial charge in [-0.25, -0.2) is 9.07 Å². The zero-order chi connectivity index (χ0) is 31.7. The van der Waals surface area contributed by atoms with Crippen LogP contribution in [0.25, 0.3) is 5.69 Å². The highest BCUT2D eigenvalue weighted by Crippen LogP contribution is 2.38. The van der Waals surface area contributed by atoms with E-state index >= 15 is 0 Å². The maximum absolute atomic E-state index is 14.7. The van der Waals surface area contributed by atoms with E-state index in [0.717, 1.165) is 48.3 Å². The van der Waals surface area contributed by atoms with Crippen molar-refractivity contribution in [1.82, 2.24) is 19.6 Å². The maximum atomic E-state index is 14.7. The fraction of sp³-hybridized carbons (Fsp3) is 0.343. The van der Waals surface area contributed by atoms with Crippen LogP contribution in [0.2, 0.25) is 5.02 Å². The summed E-state index contributed by atoms with van der Waals surface area (Å²) in [5.41, 5.74) is 4.36. The standard InChI is InChI=1S/C35H37ClFN5O3/c1-39(2)25-14-17-40(18-15-25)30-8-4-6-28-27(30)16-19-41(34(28)32(43)20-23-10-12-26(45-3)13-11-23)35(44)24-21-38-42(22-24)31-9-5-7-29(36)33(31)37/h4-13,21-22,25,34H,14-20H2,1-3H3. The number of hydrogen-bond acceptors (Lipinski definition) is 6. The second kappa shape index (κ2) is 13.0. The van der Waals surface area contributed by atoms with Crippen LogP contribution in [0.5, 0.6) is 5.75 Å². The van der Waals surface area contributed by atoms with Crippen molar-refractivity contribution in [2.45, 2.75) is 37.8 Å². The van der Waals surface area contributed by atoms with E-state index in [1.165, 1.54) is 23.1 Å². The van der Waals surface area contributed by atoms with E-state index in [2.05, 4.69) is 35.1 Å². The van der Waals surface area contributed by atoms with Crippen molar-refractivity contribution in [2.75, 3.05) is 45.7 Å². The molecule has 3 aromatic carbocycles. The summed E-state index contributed by atoms with van der Waals surface area (Å²) < 4.78 is 21.3. The van der Waals surface area contributed by atoms with Crippen LogP contribution in [0.4, 0.5) is 10.1 Å². The van der Waals surface area contributed by atoms with Gasteiger partial charge in [-0.1, -0.05) is 41.9 Å². The number of ether oxygens (including phenoxy) is 1. The largest absolute Gasteiger partial charge is 0.497 e. The number of methoxy groups -OCH3 is 1. The van der Waals surface area contributed by atoms with E-state index in [0.29, 0.717) is 24.8 Å². The van der Waals surface area contributed by atoms with Crippen molar-refractivity contribution in [3.8, 4) is 11.4 Å². The van der Waals surface area contributed by atoms with Crippen LogP contribution in [-0.4, -0.2) is 78.2 Å². The van der Waals surface area contributed by atoms with Gasteiger partial charge in [0.2, 0.25) is 0 Å². The summed E-state index contributed by atoms with van der Waals surface area (Å²) in [6.07, 6.45) is 5.81. The first-order valence-corrected chi connectivity index (χ1v) is 15.6. The zero-order valence-electron chi connectivity index (χ0n) is 25.7. The minimum atomic E-state index is -0.783. The second-order valence-corrected chi connectivity index (χ2v) is 12.3. The third-order valence-corrected chi connectivity index (χ3v) is 9.33. The maximum Gasteiger partial charge on any atom is 0.257 e. The molecule has 6 rings (SSSR count). The molecule has 1 saturated heterocycles. The van der Waals surface area contributed by atoms with Crippen LogP contribution in [0.3, 0.4) is 0 Å². The molecule has 0 N–H and O–H groups in total. The van der Waals surface area contributed by atoms with Gasteiger partial charge in [-0.3, -0.25) is 9.59 Å². The van der Waals surface area contributed by atoms with Crippen LogP contribution >= 0.6 is 11.6 Å². The number of carbonyl (C=O) groups excluding carboxylic acids is 2. The van der Waals surface area contributed by atoms with Crippen molar-refractivity contribution in [3.05, 3.63) is 106 Å². The molecule has 8 nitrogen and oxygen atoms in total. The number of aromatic nitrogens is 2. The molecule has 0 bridgehead atoms. The number of hydrogen-bond donors (Lipinski definition) is 0. The molecular formula is C35H37ClFN5O3. The number of carbonyl (C=O) groups is 2. The number of benzene rings is 3. The minimum Gasteiger partial charge on any atom is -0.497 e. The first kappa shape index (κ1) is 30.8. The van der Waals surface area contributed by atoms with Crippen molar-refractivity contribution < 1.29 is 18.7 Å². The molecule has 0 spiro atoms. The highest BCUT2D eigenvalue weighted by Gasteiger charge is 2.38. The van der Waals surface area contributed by atoms with Crippen LogP contribution in [0.15, 0.2) is 73.1 Å². The number of rotatable bonds is 8. The zero-order valence-corrected chi connectivity index (χ0v) is 26.5.